The number of carbonyl (C=O) groups excluding carboxylic acids is 2. The fraction of sp³-hybridized carbons (Fsp3) is 0.700. The summed E-state index contributed by atoms with van der Waals surface area (Å²) in [5.74, 6) is 1.46. The average molecular weight is 555 g/mol. The van der Waals surface area contributed by atoms with Gasteiger partial charge in [-0.3, -0.25) is 19.4 Å². The molecule has 2 amide bonds. The summed E-state index contributed by atoms with van der Waals surface area (Å²) in [6.45, 7) is 7.29. The highest BCUT2D eigenvalue weighted by Gasteiger charge is 2.57. The Morgan fingerprint density at radius 2 is 1.67 bits per heavy atom. The third kappa shape index (κ3) is 5.23. The third-order valence-electron chi connectivity index (χ3n) is 10.1. The van der Waals surface area contributed by atoms with Crippen molar-refractivity contribution in [3.8, 4) is 0 Å². The lowest BCUT2D eigenvalue weighted by atomic mass is 9.78. The van der Waals surface area contributed by atoms with Gasteiger partial charge in [0.05, 0.1) is 29.2 Å². The van der Waals surface area contributed by atoms with Crippen molar-refractivity contribution in [2.75, 3.05) is 50.8 Å². The van der Waals surface area contributed by atoms with Crippen molar-refractivity contribution in [2.45, 2.75) is 51.6 Å². The van der Waals surface area contributed by atoms with Crippen LogP contribution in [0, 0.1) is 35.5 Å². The zero-order valence-electron chi connectivity index (χ0n) is 23.0. The number of benzene rings is 1. The Morgan fingerprint density at radius 3 is 2.41 bits per heavy atom. The quantitative estimate of drug-likeness (QED) is 0.484. The summed E-state index contributed by atoms with van der Waals surface area (Å²) in [7, 11) is 0. The van der Waals surface area contributed by atoms with Gasteiger partial charge in [-0.2, -0.15) is 4.37 Å². The average Bonchev–Trinajstić information content (AvgIpc) is 3.59. The zero-order valence-corrected chi connectivity index (χ0v) is 23.8. The number of aliphatic hydroxyl groups is 2. The minimum atomic E-state index is -0.824. The number of hydrogen-bond donors (Lipinski definition) is 2. The van der Waals surface area contributed by atoms with Gasteiger partial charge in [-0.05, 0) is 73.0 Å². The number of anilines is 1. The standard InChI is InChI=1S/C30H42N4O4S/c1-19-14-22(15-23(36)18-35)27-26(19)29(37)34(30(27)38)17-21-7-3-2-6-20(21)16-32-10-12-33(13-11-32)28-24-8-4-5-9-25(24)39-31-28/h4-5,8-9,19-23,26-27,35-36H,2-3,6-7,10-18H2,1H3/t19-,20-,21-,22-,23?,26+,27-/m0/s1. The van der Waals surface area contributed by atoms with Crippen LogP contribution in [0.5, 0.6) is 0 Å². The Labute approximate surface area is 235 Å². The molecule has 2 aliphatic carbocycles. The molecule has 2 aromatic rings. The van der Waals surface area contributed by atoms with E-state index in [1.54, 1.807) is 16.4 Å². The summed E-state index contributed by atoms with van der Waals surface area (Å²) in [5, 5.41) is 20.6. The number of aliphatic hydroxyl groups excluding tert-OH is 2. The lowest BCUT2D eigenvalue weighted by molar-refractivity contribution is -0.142. The summed E-state index contributed by atoms with van der Waals surface area (Å²) in [6.07, 6.45) is 4.95. The van der Waals surface area contributed by atoms with Gasteiger partial charge in [0.1, 0.15) is 5.82 Å². The highest BCUT2D eigenvalue weighted by molar-refractivity contribution is 7.13. The zero-order chi connectivity index (χ0) is 27.1. The number of likely N-dealkylation sites (tertiary alicyclic amines) is 1. The van der Waals surface area contributed by atoms with Gasteiger partial charge in [0.15, 0.2) is 0 Å². The normalized spacial score (nSPS) is 32.8. The van der Waals surface area contributed by atoms with Gasteiger partial charge in [0.25, 0.3) is 0 Å². The molecule has 7 atom stereocenters. The van der Waals surface area contributed by atoms with E-state index in [1.807, 2.05) is 0 Å². The Hall–Kier alpha value is -2.07. The summed E-state index contributed by atoms with van der Waals surface area (Å²) in [4.78, 5) is 33.7. The van der Waals surface area contributed by atoms with E-state index in [-0.39, 0.29) is 42.1 Å². The van der Waals surface area contributed by atoms with Crippen LogP contribution >= 0.6 is 11.5 Å². The van der Waals surface area contributed by atoms with Crippen LogP contribution < -0.4 is 4.90 Å². The van der Waals surface area contributed by atoms with E-state index in [9.17, 15) is 19.8 Å². The first-order chi connectivity index (χ1) is 18.9. The molecule has 0 spiro atoms. The van der Waals surface area contributed by atoms with Gasteiger partial charge < -0.3 is 15.1 Å². The molecule has 4 aliphatic rings. The maximum absolute atomic E-state index is 13.6. The molecule has 1 aromatic heterocycles. The molecule has 1 aromatic carbocycles. The minimum Gasteiger partial charge on any atom is -0.394 e. The second-order valence-corrected chi connectivity index (χ2v) is 13.3. The second kappa shape index (κ2) is 11.4. The van der Waals surface area contributed by atoms with Crippen LogP contribution in [0.25, 0.3) is 10.1 Å². The molecule has 2 saturated heterocycles. The van der Waals surface area contributed by atoms with Crippen molar-refractivity contribution in [1.29, 1.82) is 0 Å². The second-order valence-electron chi connectivity index (χ2n) is 12.5. The van der Waals surface area contributed by atoms with Gasteiger partial charge in [0, 0.05) is 44.7 Å². The molecule has 0 bridgehead atoms. The van der Waals surface area contributed by atoms with E-state index in [0.717, 1.165) is 64.2 Å². The number of amides is 2. The lowest BCUT2D eigenvalue weighted by Crippen LogP contribution is -2.49. The van der Waals surface area contributed by atoms with Gasteiger partial charge in [-0.15, -0.1) is 0 Å². The number of rotatable bonds is 8. The molecule has 212 valence electrons. The molecule has 4 fully saturated rings. The van der Waals surface area contributed by atoms with E-state index in [2.05, 4.69) is 41.0 Å². The van der Waals surface area contributed by atoms with E-state index < -0.39 is 6.10 Å². The van der Waals surface area contributed by atoms with Crippen LogP contribution in [-0.4, -0.2) is 88.2 Å². The molecule has 3 heterocycles. The predicted molar refractivity (Wildman–Crippen MR) is 152 cm³/mol. The minimum absolute atomic E-state index is 0.00640. The van der Waals surface area contributed by atoms with Gasteiger partial charge in [0.2, 0.25) is 11.8 Å². The molecule has 1 unspecified atom stereocenters. The van der Waals surface area contributed by atoms with E-state index in [1.165, 1.54) is 16.5 Å². The van der Waals surface area contributed by atoms with Crippen molar-refractivity contribution in [2.24, 2.45) is 35.5 Å². The van der Waals surface area contributed by atoms with Crippen molar-refractivity contribution in [3.05, 3.63) is 24.3 Å². The SMILES string of the molecule is C[C@H]1C[C@@H](CC(O)CO)[C@@H]2C(=O)N(C[C@@H]3CCCC[C@H]3CN3CCN(c4nsc5ccccc45)CC3)C(=O)[C@@H]21. The van der Waals surface area contributed by atoms with Crippen LogP contribution in [0.3, 0.4) is 0 Å². The van der Waals surface area contributed by atoms with Crippen molar-refractivity contribution < 1.29 is 19.8 Å². The fourth-order valence-electron chi connectivity index (χ4n) is 8.06. The van der Waals surface area contributed by atoms with Crippen LogP contribution in [-0.2, 0) is 9.59 Å². The van der Waals surface area contributed by atoms with E-state index >= 15 is 0 Å². The topological polar surface area (TPSA) is 97.2 Å². The smallest absolute Gasteiger partial charge is 0.233 e. The summed E-state index contributed by atoms with van der Waals surface area (Å²) in [5.41, 5.74) is 0. The van der Waals surface area contributed by atoms with Crippen LogP contribution in [0.15, 0.2) is 24.3 Å². The Morgan fingerprint density at radius 1 is 0.974 bits per heavy atom. The first-order valence-electron chi connectivity index (χ1n) is 14.9. The van der Waals surface area contributed by atoms with E-state index in [4.69, 9.17) is 4.37 Å². The molecule has 2 aliphatic heterocycles. The molecular formula is C30H42N4O4S. The van der Waals surface area contributed by atoms with Crippen molar-refractivity contribution in [3.63, 3.8) is 0 Å². The molecular weight excluding hydrogens is 512 g/mol. The van der Waals surface area contributed by atoms with Gasteiger partial charge in [-0.1, -0.05) is 31.9 Å². The molecule has 0 radical (unpaired) electrons. The number of aromatic nitrogens is 1. The first-order valence-corrected chi connectivity index (χ1v) is 15.7. The maximum atomic E-state index is 13.6. The molecule has 9 heteroatoms. The number of hydrogen-bond acceptors (Lipinski definition) is 8. The summed E-state index contributed by atoms with van der Waals surface area (Å²) >= 11 is 1.57. The lowest BCUT2D eigenvalue weighted by Gasteiger charge is -2.40. The predicted octanol–water partition coefficient (Wildman–Crippen LogP) is 3.23. The Bertz CT molecular complexity index is 1180. The maximum Gasteiger partial charge on any atom is 0.233 e. The van der Waals surface area contributed by atoms with Crippen molar-refractivity contribution >= 4 is 39.3 Å². The van der Waals surface area contributed by atoms with Gasteiger partial charge in [-0.25, -0.2) is 0 Å². The molecule has 2 N–H and O–H groups in total. The molecule has 6 rings (SSSR count). The van der Waals surface area contributed by atoms with Crippen LogP contribution in [0.2, 0.25) is 0 Å². The Kier molecular flexibility index (Phi) is 7.95. The van der Waals surface area contributed by atoms with Gasteiger partial charge >= 0.3 is 0 Å². The largest absolute Gasteiger partial charge is 0.394 e. The monoisotopic (exact) mass is 554 g/mol. The number of carbonyl (C=O) groups is 2. The third-order valence-corrected chi connectivity index (χ3v) is 10.9. The van der Waals surface area contributed by atoms with Crippen molar-refractivity contribution in [1.82, 2.24) is 14.2 Å². The summed E-state index contributed by atoms with van der Waals surface area (Å²) in [6, 6.07) is 8.46. The number of piperazine rings is 1. The highest BCUT2D eigenvalue weighted by atomic mass is 32.1. The molecule has 2 saturated carbocycles. The number of nitrogens with zero attached hydrogens (tertiary/aromatic N) is 4. The molecule has 39 heavy (non-hydrogen) atoms. The fourth-order valence-corrected chi connectivity index (χ4v) is 8.86. The Balaban J connectivity index is 1.07. The summed E-state index contributed by atoms with van der Waals surface area (Å²) < 4.78 is 5.99. The van der Waals surface area contributed by atoms with Crippen LogP contribution in [0.1, 0.15) is 45.4 Å². The number of fused-ring (bicyclic) bond motifs is 2. The highest BCUT2D eigenvalue weighted by Crippen LogP contribution is 2.49. The number of imide groups is 1. The van der Waals surface area contributed by atoms with Crippen LogP contribution in [0.4, 0.5) is 5.82 Å². The molecule has 8 nitrogen and oxygen atoms in total. The first kappa shape index (κ1) is 27.1. The van der Waals surface area contributed by atoms with E-state index in [0.29, 0.717) is 24.8 Å².